The molecule has 0 amide bonds. The first-order chi connectivity index (χ1) is 9.27. The Morgan fingerprint density at radius 2 is 1.84 bits per heavy atom. The number of hydrogen-bond donors (Lipinski definition) is 1. The van der Waals surface area contributed by atoms with Gasteiger partial charge in [0.2, 0.25) is 0 Å². The van der Waals surface area contributed by atoms with Crippen LogP contribution in [0.2, 0.25) is 0 Å². The minimum atomic E-state index is 0.357. The third-order valence-corrected chi connectivity index (χ3v) is 6.28. The second kappa shape index (κ2) is 5.73. The Hall–Kier alpha value is -0.0800. The molecule has 2 N–H and O–H groups in total. The zero-order valence-electron chi connectivity index (χ0n) is 12.7. The van der Waals surface area contributed by atoms with E-state index < -0.39 is 0 Å². The second-order valence-electron chi connectivity index (χ2n) is 7.46. The molecule has 3 aliphatic carbocycles. The molecule has 0 bridgehead atoms. The van der Waals surface area contributed by atoms with Gasteiger partial charge in [0.1, 0.15) is 0 Å². The molecule has 0 saturated heterocycles. The SMILES string of the molecule is CCN(CC1CCC1)C1(CN)CCCC(C2CC2)C1. The predicted molar refractivity (Wildman–Crippen MR) is 81.1 cm³/mol. The second-order valence-corrected chi connectivity index (χ2v) is 7.46. The van der Waals surface area contributed by atoms with Crippen molar-refractivity contribution >= 4 is 0 Å². The van der Waals surface area contributed by atoms with Crippen LogP contribution >= 0.6 is 0 Å². The van der Waals surface area contributed by atoms with Crippen LogP contribution < -0.4 is 5.73 Å². The molecule has 0 aromatic heterocycles. The van der Waals surface area contributed by atoms with E-state index in [2.05, 4.69) is 11.8 Å². The van der Waals surface area contributed by atoms with Crippen molar-refractivity contribution in [1.82, 2.24) is 4.90 Å². The van der Waals surface area contributed by atoms with Crippen molar-refractivity contribution in [1.29, 1.82) is 0 Å². The molecule has 3 rings (SSSR count). The topological polar surface area (TPSA) is 29.3 Å². The van der Waals surface area contributed by atoms with Crippen LogP contribution in [0, 0.1) is 17.8 Å². The van der Waals surface area contributed by atoms with Gasteiger partial charge in [-0.1, -0.05) is 26.2 Å². The summed E-state index contributed by atoms with van der Waals surface area (Å²) in [7, 11) is 0. The van der Waals surface area contributed by atoms with E-state index in [-0.39, 0.29) is 0 Å². The van der Waals surface area contributed by atoms with Crippen molar-refractivity contribution in [3.63, 3.8) is 0 Å². The van der Waals surface area contributed by atoms with Crippen molar-refractivity contribution < 1.29 is 0 Å². The Bertz CT molecular complexity index is 296. The van der Waals surface area contributed by atoms with Gasteiger partial charge in [0, 0.05) is 18.6 Å². The van der Waals surface area contributed by atoms with E-state index in [9.17, 15) is 0 Å². The lowest BCUT2D eigenvalue weighted by molar-refractivity contribution is 0.0134. The van der Waals surface area contributed by atoms with E-state index in [4.69, 9.17) is 5.73 Å². The van der Waals surface area contributed by atoms with Gasteiger partial charge < -0.3 is 5.73 Å². The molecule has 2 atom stereocenters. The van der Waals surface area contributed by atoms with E-state index in [0.29, 0.717) is 5.54 Å². The first-order valence-electron chi connectivity index (χ1n) is 8.72. The van der Waals surface area contributed by atoms with E-state index in [1.807, 2.05) is 0 Å². The number of nitrogens with zero attached hydrogens (tertiary/aromatic N) is 1. The van der Waals surface area contributed by atoms with Gasteiger partial charge in [0.15, 0.2) is 0 Å². The van der Waals surface area contributed by atoms with Gasteiger partial charge in [-0.25, -0.2) is 0 Å². The maximum Gasteiger partial charge on any atom is 0.0334 e. The monoisotopic (exact) mass is 264 g/mol. The van der Waals surface area contributed by atoms with E-state index in [1.54, 1.807) is 0 Å². The Kier molecular flexibility index (Phi) is 4.19. The van der Waals surface area contributed by atoms with Crippen molar-refractivity contribution in [3.8, 4) is 0 Å². The smallest absolute Gasteiger partial charge is 0.0334 e. The van der Waals surface area contributed by atoms with Gasteiger partial charge in [0.05, 0.1) is 0 Å². The van der Waals surface area contributed by atoms with Gasteiger partial charge in [-0.15, -0.1) is 0 Å². The zero-order chi connectivity index (χ0) is 13.3. The molecule has 0 aliphatic heterocycles. The summed E-state index contributed by atoms with van der Waals surface area (Å²) in [6.45, 7) is 5.75. The van der Waals surface area contributed by atoms with Crippen molar-refractivity contribution in [2.75, 3.05) is 19.6 Å². The third-order valence-electron chi connectivity index (χ3n) is 6.28. The molecular formula is C17H32N2. The van der Waals surface area contributed by atoms with Gasteiger partial charge in [-0.05, 0) is 62.8 Å². The summed E-state index contributed by atoms with van der Waals surface area (Å²) >= 11 is 0. The van der Waals surface area contributed by atoms with Gasteiger partial charge >= 0.3 is 0 Å². The lowest BCUT2D eigenvalue weighted by Crippen LogP contribution is -2.58. The fourth-order valence-corrected chi connectivity index (χ4v) is 4.60. The van der Waals surface area contributed by atoms with E-state index in [1.165, 1.54) is 70.9 Å². The average molecular weight is 264 g/mol. The normalized spacial score (nSPS) is 36.5. The number of rotatable bonds is 6. The molecule has 3 aliphatic rings. The van der Waals surface area contributed by atoms with Crippen LogP contribution in [0.5, 0.6) is 0 Å². The molecule has 0 spiro atoms. The Morgan fingerprint density at radius 3 is 2.37 bits per heavy atom. The highest BCUT2D eigenvalue weighted by atomic mass is 15.2. The molecule has 3 saturated carbocycles. The first kappa shape index (κ1) is 13.9. The predicted octanol–water partition coefficient (Wildman–Crippen LogP) is 3.41. The standard InChI is InChI=1S/C17H32N2/c1-2-19(12-14-5-3-6-14)17(13-18)10-4-7-16(11-17)15-8-9-15/h14-16H,2-13,18H2,1H3. The zero-order valence-corrected chi connectivity index (χ0v) is 12.7. The van der Waals surface area contributed by atoms with Gasteiger partial charge in [-0.3, -0.25) is 4.90 Å². The van der Waals surface area contributed by atoms with Crippen LogP contribution in [0.3, 0.4) is 0 Å². The lowest BCUT2D eigenvalue weighted by atomic mass is 9.72. The molecule has 2 heteroatoms. The molecule has 0 heterocycles. The van der Waals surface area contributed by atoms with Crippen LogP contribution in [-0.2, 0) is 0 Å². The fraction of sp³-hybridized carbons (Fsp3) is 1.00. The summed E-state index contributed by atoms with van der Waals surface area (Å²) in [5.41, 5.74) is 6.65. The average Bonchev–Trinajstić information content (AvgIpc) is 3.22. The van der Waals surface area contributed by atoms with Crippen molar-refractivity contribution in [2.24, 2.45) is 23.5 Å². The van der Waals surface area contributed by atoms with Crippen molar-refractivity contribution in [2.45, 2.75) is 70.3 Å². The third kappa shape index (κ3) is 2.85. The quantitative estimate of drug-likeness (QED) is 0.796. The highest BCUT2D eigenvalue weighted by molar-refractivity contribution is 5.00. The number of likely N-dealkylation sites (N-methyl/N-ethyl adjacent to an activating group) is 1. The fourth-order valence-electron chi connectivity index (χ4n) is 4.60. The molecular weight excluding hydrogens is 232 g/mol. The summed E-state index contributed by atoms with van der Waals surface area (Å²) in [4.78, 5) is 2.78. The molecule has 3 fully saturated rings. The summed E-state index contributed by atoms with van der Waals surface area (Å²) in [6, 6.07) is 0. The summed E-state index contributed by atoms with van der Waals surface area (Å²) in [5.74, 6) is 3.03. The molecule has 0 aromatic carbocycles. The Labute approximate surface area is 119 Å². The van der Waals surface area contributed by atoms with Crippen LogP contribution in [0.25, 0.3) is 0 Å². The minimum absolute atomic E-state index is 0.357. The number of hydrogen-bond acceptors (Lipinski definition) is 2. The molecule has 0 radical (unpaired) electrons. The molecule has 2 unspecified atom stereocenters. The summed E-state index contributed by atoms with van der Waals surface area (Å²) in [6.07, 6.45) is 13.0. The Morgan fingerprint density at radius 1 is 1.05 bits per heavy atom. The largest absolute Gasteiger partial charge is 0.329 e. The lowest BCUT2D eigenvalue weighted by Gasteiger charge is -2.50. The summed E-state index contributed by atoms with van der Waals surface area (Å²) < 4.78 is 0. The Balaban J connectivity index is 1.67. The van der Waals surface area contributed by atoms with E-state index in [0.717, 1.165) is 24.3 Å². The minimum Gasteiger partial charge on any atom is -0.329 e. The first-order valence-corrected chi connectivity index (χ1v) is 8.72. The van der Waals surface area contributed by atoms with Gasteiger partial charge in [0.25, 0.3) is 0 Å². The van der Waals surface area contributed by atoms with Crippen LogP contribution in [0.15, 0.2) is 0 Å². The maximum atomic E-state index is 6.29. The molecule has 110 valence electrons. The van der Waals surface area contributed by atoms with Crippen LogP contribution in [0.4, 0.5) is 0 Å². The maximum absolute atomic E-state index is 6.29. The number of nitrogens with two attached hydrogens (primary N) is 1. The summed E-state index contributed by atoms with van der Waals surface area (Å²) in [5, 5.41) is 0. The van der Waals surface area contributed by atoms with E-state index >= 15 is 0 Å². The molecule has 0 aromatic rings. The molecule has 2 nitrogen and oxygen atoms in total. The molecule has 19 heavy (non-hydrogen) atoms. The van der Waals surface area contributed by atoms with Crippen LogP contribution in [-0.4, -0.2) is 30.1 Å². The highest BCUT2D eigenvalue weighted by Crippen LogP contribution is 2.48. The van der Waals surface area contributed by atoms with Crippen LogP contribution in [0.1, 0.15) is 64.7 Å². The highest BCUT2D eigenvalue weighted by Gasteiger charge is 2.44. The van der Waals surface area contributed by atoms with Crippen molar-refractivity contribution in [3.05, 3.63) is 0 Å². The van der Waals surface area contributed by atoms with Gasteiger partial charge in [-0.2, -0.15) is 0 Å².